The first kappa shape index (κ1) is 15.3. The van der Waals surface area contributed by atoms with Crippen molar-refractivity contribution in [1.82, 2.24) is 10.2 Å². The summed E-state index contributed by atoms with van der Waals surface area (Å²) in [5, 5.41) is 3.76. The van der Waals surface area contributed by atoms with E-state index in [2.05, 4.69) is 43.1 Å². The maximum atomic E-state index is 5.21. The third-order valence-electron chi connectivity index (χ3n) is 4.36. The quantitative estimate of drug-likeness (QED) is 0.893. The second kappa shape index (κ2) is 7.09. The Morgan fingerprint density at radius 3 is 2.20 bits per heavy atom. The van der Waals surface area contributed by atoms with E-state index in [1.807, 2.05) is 12.1 Å². The number of ether oxygens (including phenoxy) is 1. The summed E-state index contributed by atoms with van der Waals surface area (Å²) in [5.74, 6) is 0.922. The molecule has 3 nitrogen and oxygen atoms in total. The van der Waals surface area contributed by atoms with Gasteiger partial charge in [0.15, 0.2) is 0 Å². The third-order valence-corrected chi connectivity index (χ3v) is 4.36. The highest BCUT2D eigenvalue weighted by molar-refractivity contribution is 5.28. The Hall–Kier alpha value is -1.06. The molecule has 0 bridgehead atoms. The fourth-order valence-electron chi connectivity index (χ4n) is 2.92. The highest BCUT2D eigenvalue weighted by Crippen LogP contribution is 2.20. The van der Waals surface area contributed by atoms with Crippen molar-refractivity contribution in [1.29, 1.82) is 0 Å². The van der Waals surface area contributed by atoms with Crippen molar-refractivity contribution in [2.24, 2.45) is 0 Å². The fourth-order valence-corrected chi connectivity index (χ4v) is 2.92. The molecule has 0 radical (unpaired) electrons. The van der Waals surface area contributed by atoms with Crippen LogP contribution in [0, 0.1) is 0 Å². The largest absolute Gasteiger partial charge is 0.497 e. The van der Waals surface area contributed by atoms with Gasteiger partial charge >= 0.3 is 0 Å². The van der Waals surface area contributed by atoms with Gasteiger partial charge in [-0.2, -0.15) is 0 Å². The van der Waals surface area contributed by atoms with Crippen LogP contribution >= 0.6 is 0 Å². The van der Waals surface area contributed by atoms with Crippen molar-refractivity contribution < 1.29 is 4.74 Å². The summed E-state index contributed by atoms with van der Waals surface area (Å²) in [7, 11) is 1.71. The highest BCUT2D eigenvalue weighted by atomic mass is 16.5. The van der Waals surface area contributed by atoms with Gasteiger partial charge in [-0.3, -0.25) is 0 Å². The smallest absolute Gasteiger partial charge is 0.118 e. The topological polar surface area (TPSA) is 24.5 Å². The third kappa shape index (κ3) is 3.97. The highest BCUT2D eigenvalue weighted by Gasteiger charge is 2.22. The Morgan fingerprint density at radius 2 is 1.70 bits per heavy atom. The van der Waals surface area contributed by atoms with Crippen LogP contribution < -0.4 is 10.1 Å². The molecule has 0 saturated carbocycles. The number of nitrogens with zero attached hydrogens (tertiary/aromatic N) is 1. The first-order valence-electron chi connectivity index (χ1n) is 7.74. The molecule has 1 aromatic carbocycles. The van der Waals surface area contributed by atoms with Gasteiger partial charge in [-0.15, -0.1) is 0 Å². The molecule has 1 aromatic rings. The maximum Gasteiger partial charge on any atom is 0.118 e. The molecule has 0 aromatic heterocycles. The molecule has 0 spiro atoms. The van der Waals surface area contributed by atoms with Crippen LogP contribution in [0.5, 0.6) is 5.75 Å². The summed E-state index contributed by atoms with van der Waals surface area (Å²) >= 11 is 0. The number of hydrogen-bond acceptors (Lipinski definition) is 3. The van der Waals surface area contributed by atoms with E-state index in [9.17, 15) is 0 Å². The van der Waals surface area contributed by atoms with Gasteiger partial charge in [-0.1, -0.05) is 12.1 Å². The van der Waals surface area contributed by atoms with E-state index in [1.165, 1.54) is 31.5 Å². The van der Waals surface area contributed by atoms with Crippen LogP contribution in [0.2, 0.25) is 0 Å². The van der Waals surface area contributed by atoms with Crippen molar-refractivity contribution in [2.45, 2.75) is 51.7 Å². The average molecular weight is 276 g/mol. The zero-order chi connectivity index (χ0) is 14.5. The molecule has 20 heavy (non-hydrogen) atoms. The predicted molar refractivity (Wildman–Crippen MR) is 84.3 cm³/mol. The van der Waals surface area contributed by atoms with Crippen LogP contribution in [-0.4, -0.2) is 37.2 Å². The van der Waals surface area contributed by atoms with E-state index in [0.29, 0.717) is 18.1 Å². The normalized spacial score (nSPS) is 19.2. The summed E-state index contributed by atoms with van der Waals surface area (Å²) in [6.07, 6.45) is 2.50. The Labute approximate surface area is 123 Å². The molecule has 1 fully saturated rings. The lowest BCUT2D eigenvalue weighted by atomic mass is 10.0. The maximum absolute atomic E-state index is 5.21. The molecule has 0 amide bonds. The number of rotatable bonds is 5. The van der Waals surface area contributed by atoms with E-state index in [1.54, 1.807) is 7.11 Å². The standard InChI is InChI=1S/C17H28N2O/c1-13(2)19-11-9-16(10-12-19)18-14(3)15-5-7-17(20-4)8-6-15/h5-8,13-14,16,18H,9-12H2,1-4H3/t14-/m0/s1. The van der Waals surface area contributed by atoms with Gasteiger partial charge in [0.05, 0.1) is 7.11 Å². The average Bonchev–Trinajstić information content (AvgIpc) is 2.48. The van der Waals surface area contributed by atoms with Gasteiger partial charge in [-0.05, 0) is 64.4 Å². The van der Waals surface area contributed by atoms with Crippen LogP contribution in [0.1, 0.15) is 45.2 Å². The van der Waals surface area contributed by atoms with Crippen molar-refractivity contribution in [3.63, 3.8) is 0 Å². The molecule has 112 valence electrons. The lowest BCUT2D eigenvalue weighted by Crippen LogP contribution is -2.45. The van der Waals surface area contributed by atoms with E-state index < -0.39 is 0 Å². The molecular weight excluding hydrogens is 248 g/mol. The molecule has 1 heterocycles. The van der Waals surface area contributed by atoms with Crippen molar-refractivity contribution in [2.75, 3.05) is 20.2 Å². The second-order valence-electron chi connectivity index (χ2n) is 6.07. The van der Waals surface area contributed by atoms with Gasteiger partial charge in [0.1, 0.15) is 5.75 Å². The van der Waals surface area contributed by atoms with Gasteiger partial charge in [0, 0.05) is 18.1 Å². The predicted octanol–water partition coefficient (Wildman–Crippen LogP) is 3.22. The first-order valence-corrected chi connectivity index (χ1v) is 7.74. The summed E-state index contributed by atoms with van der Waals surface area (Å²) in [6, 6.07) is 10.1. The Kier molecular flexibility index (Phi) is 5.44. The zero-order valence-electron chi connectivity index (χ0n) is 13.2. The number of benzene rings is 1. The van der Waals surface area contributed by atoms with Gasteiger partial charge in [0.25, 0.3) is 0 Å². The van der Waals surface area contributed by atoms with Crippen molar-refractivity contribution >= 4 is 0 Å². The number of likely N-dealkylation sites (tertiary alicyclic amines) is 1. The molecule has 1 aliphatic rings. The van der Waals surface area contributed by atoms with E-state index in [4.69, 9.17) is 4.74 Å². The lowest BCUT2D eigenvalue weighted by Gasteiger charge is -2.36. The number of methoxy groups -OCH3 is 1. The summed E-state index contributed by atoms with van der Waals surface area (Å²) < 4.78 is 5.21. The minimum Gasteiger partial charge on any atom is -0.497 e. The summed E-state index contributed by atoms with van der Waals surface area (Å²) in [5.41, 5.74) is 1.33. The Balaban J connectivity index is 1.84. The van der Waals surface area contributed by atoms with Gasteiger partial charge in [-0.25, -0.2) is 0 Å². The van der Waals surface area contributed by atoms with Crippen LogP contribution in [0.25, 0.3) is 0 Å². The van der Waals surface area contributed by atoms with Crippen LogP contribution in [0.15, 0.2) is 24.3 Å². The van der Waals surface area contributed by atoms with Crippen molar-refractivity contribution in [3.05, 3.63) is 29.8 Å². The molecule has 3 heteroatoms. The van der Waals surface area contributed by atoms with Crippen molar-refractivity contribution in [3.8, 4) is 5.75 Å². The fraction of sp³-hybridized carbons (Fsp3) is 0.647. The molecule has 1 N–H and O–H groups in total. The van der Waals surface area contributed by atoms with Gasteiger partial charge < -0.3 is 15.0 Å². The minimum atomic E-state index is 0.400. The zero-order valence-corrected chi connectivity index (χ0v) is 13.2. The Bertz CT molecular complexity index is 394. The minimum absolute atomic E-state index is 0.400. The molecular formula is C17H28N2O. The summed E-state index contributed by atoms with van der Waals surface area (Å²) in [4.78, 5) is 2.57. The number of hydrogen-bond donors (Lipinski definition) is 1. The molecule has 2 rings (SSSR count). The van der Waals surface area contributed by atoms with Crippen LogP contribution in [0.3, 0.4) is 0 Å². The second-order valence-corrected chi connectivity index (χ2v) is 6.07. The number of piperidine rings is 1. The SMILES string of the molecule is COc1ccc([C@H](C)NC2CCN(C(C)C)CC2)cc1. The molecule has 1 atom stereocenters. The van der Waals surface area contributed by atoms with Crippen LogP contribution in [-0.2, 0) is 0 Å². The summed E-state index contributed by atoms with van der Waals surface area (Å²) in [6.45, 7) is 9.24. The monoisotopic (exact) mass is 276 g/mol. The van der Waals surface area contributed by atoms with Gasteiger partial charge in [0.2, 0.25) is 0 Å². The number of nitrogens with one attached hydrogen (secondary N) is 1. The lowest BCUT2D eigenvalue weighted by molar-refractivity contribution is 0.157. The molecule has 0 aliphatic carbocycles. The van der Waals surface area contributed by atoms with E-state index in [0.717, 1.165) is 5.75 Å². The van der Waals surface area contributed by atoms with E-state index in [-0.39, 0.29) is 0 Å². The Morgan fingerprint density at radius 1 is 1.10 bits per heavy atom. The van der Waals surface area contributed by atoms with E-state index >= 15 is 0 Å². The molecule has 0 unspecified atom stereocenters. The van der Waals surface area contributed by atoms with Crippen LogP contribution in [0.4, 0.5) is 0 Å². The molecule has 1 aliphatic heterocycles. The first-order chi connectivity index (χ1) is 9.60. The molecule has 1 saturated heterocycles.